The lowest BCUT2D eigenvalue weighted by Crippen LogP contribution is -2.08. The highest BCUT2D eigenvalue weighted by molar-refractivity contribution is 5.79. The number of H-pyrrole nitrogens is 1. The Labute approximate surface area is 175 Å². The van der Waals surface area contributed by atoms with Gasteiger partial charge in [0.25, 0.3) is 0 Å². The van der Waals surface area contributed by atoms with Gasteiger partial charge >= 0.3 is 0 Å². The monoisotopic (exact) mass is 402 g/mol. The van der Waals surface area contributed by atoms with E-state index < -0.39 is 0 Å². The highest BCUT2D eigenvalue weighted by atomic mass is 15.5. The predicted octanol–water partition coefficient (Wildman–Crippen LogP) is 3.86. The highest BCUT2D eigenvalue weighted by Crippen LogP contribution is 2.29. The molecule has 0 atom stereocenters. The number of nitrogens with zero attached hydrogens (tertiary/aromatic N) is 7. The van der Waals surface area contributed by atoms with Crippen LogP contribution in [0.25, 0.3) is 22.5 Å². The van der Waals surface area contributed by atoms with E-state index in [4.69, 9.17) is 9.97 Å². The zero-order valence-corrected chi connectivity index (χ0v) is 17.4. The van der Waals surface area contributed by atoms with E-state index in [-0.39, 0.29) is 0 Å². The van der Waals surface area contributed by atoms with Crippen LogP contribution in [0.4, 0.5) is 0 Å². The first kappa shape index (κ1) is 19.9. The summed E-state index contributed by atoms with van der Waals surface area (Å²) in [5.74, 6) is 2.52. The van der Waals surface area contributed by atoms with Gasteiger partial charge in [0.2, 0.25) is 5.82 Å². The summed E-state index contributed by atoms with van der Waals surface area (Å²) < 4.78 is 2.00. The molecule has 3 aromatic heterocycles. The van der Waals surface area contributed by atoms with Gasteiger partial charge in [0.05, 0.1) is 12.2 Å². The number of hydrogen-bond acceptors (Lipinski definition) is 6. The molecular weight excluding hydrogens is 376 g/mol. The van der Waals surface area contributed by atoms with Gasteiger partial charge < -0.3 is 0 Å². The van der Waals surface area contributed by atoms with Crippen molar-refractivity contribution in [2.75, 3.05) is 0 Å². The second-order valence-corrected chi connectivity index (χ2v) is 7.23. The van der Waals surface area contributed by atoms with E-state index in [9.17, 15) is 0 Å². The number of nitrogens with one attached hydrogen (secondary N) is 1. The average Bonchev–Trinajstić information content (AvgIpc) is 3.45. The summed E-state index contributed by atoms with van der Waals surface area (Å²) >= 11 is 0. The number of unbranched alkanes of at least 4 members (excludes halogenated alkanes) is 2. The van der Waals surface area contributed by atoms with Gasteiger partial charge in [-0.2, -0.15) is 10.3 Å². The molecule has 8 heteroatoms. The van der Waals surface area contributed by atoms with Crippen molar-refractivity contribution in [3.05, 3.63) is 59.9 Å². The smallest absolute Gasteiger partial charge is 0.205 e. The molecule has 154 valence electrons. The fourth-order valence-electron chi connectivity index (χ4n) is 3.46. The minimum absolute atomic E-state index is 0.570. The van der Waals surface area contributed by atoms with Crippen molar-refractivity contribution < 1.29 is 0 Å². The number of rotatable bonds is 9. The van der Waals surface area contributed by atoms with Crippen molar-refractivity contribution >= 4 is 0 Å². The van der Waals surface area contributed by atoms with Crippen molar-refractivity contribution in [2.24, 2.45) is 0 Å². The topological polar surface area (TPSA) is 98.1 Å². The summed E-state index contributed by atoms with van der Waals surface area (Å²) in [5.41, 5.74) is 3.91. The van der Waals surface area contributed by atoms with Gasteiger partial charge in [0.1, 0.15) is 5.82 Å². The second-order valence-electron chi connectivity index (χ2n) is 7.23. The van der Waals surface area contributed by atoms with Crippen LogP contribution in [0.5, 0.6) is 0 Å². The Bertz CT molecular complexity index is 1070. The largest absolute Gasteiger partial charge is 0.259 e. The normalized spacial score (nSPS) is 11.1. The number of tetrazole rings is 1. The maximum atomic E-state index is 4.70. The van der Waals surface area contributed by atoms with Gasteiger partial charge in [-0.25, -0.2) is 9.67 Å². The number of pyridine rings is 1. The van der Waals surface area contributed by atoms with Crippen LogP contribution in [0.2, 0.25) is 0 Å². The van der Waals surface area contributed by atoms with Gasteiger partial charge in [-0.05, 0) is 23.3 Å². The van der Waals surface area contributed by atoms with Crippen molar-refractivity contribution in [1.82, 2.24) is 40.4 Å². The van der Waals surface area contributed by atoms with E-state index in [1.54, 1.807) is 0 Å². The molecule has 4 rings (SSSR count). The first-order valence-electron chi connectivity index (χ1n) is 10.5. The Morgan fingerprint density at radius 1 is 1.00 bits per heavy atom. The Hall–Kier alpha value is -3.42. The molecule has 0 amide bonds. The summed E-state index contributed by atoms with van der Waals surface area (Å²) in [6.45, 7) is 4.93. The molecule has 3 heterocycles. The molecular formula is C22H26N8. The fraction of sp³-hybridized carbons (Fsp3) is 0.364. The predicted molar refractivity (Wildman–Crippen MR) is 115 cm³/mol. The molecule has 0 aliphatic carbocycles. The maximum absolute atomic E-state index is 4.70. The van der Waals surface area contributed by atoms with E-state index >= 15 is 0 Å². The second kappa shape index (κ2) is 9.39. The van der Waals surface area contributed by atoms with Crippen LogP contribution in [0.15, 0.2) is 42.6 Å². The van der Waals surface area contributed by atoms with Crippen molar-refractivity contribution in [2.45, 2.75) is 52.5 Å². The quantitative estimate of drug-likeness (QED) is 0.427. The number of aromatic amines is 1. The lowest BCUT2D eigenvalue weighted by molar-refractivity contribution is 0.597. The maximum Gasteiger partial charge on any atom is 0.205 e. The van der Waals surface area contributed by atoms with Gasteiger partial charge in [0, 0.05) is 30.2 Å². The molecule has 0 unspecified atom stereocenters. The molecule has 30 heavy (non-hydrogen) atoms. The van der Waals surface area contributed by atoms with Crippen LogP contribution in [0.1, 0.15) is 50.5 Å². The van der Waals surface area contributed by atoms with Crippen LogP contribution >= 0.6 is 0 Å². The number of aryl methyl sites for hydroxylation is 2. The summed E-state index contributed by atoms with van der Waals surface area (Å²) in [5, 5.41) is 19.1. The molecule has 0 saturated carbocycles. The molecule has 4 aromatic rings. The lowest BCUT2D eigenvalue weighted by atomic mass is 10.0. The zero-order chi connectivity index (χ0) is 20.8. The van der Waals surface area contributed by atoms with Crippen LogP contribution in [-0.2, 0) is 19.4 Å². The molecule has 0 aliphatic heterocycles. The summed E-state index contributed by atoms with van der Waals surface area (Å²) in [7, 11) is 0. The third kappa shape index (κ3) is 4.42. The molecule has 0 bridgehead atoms. The summed E-state index contributed by atoms with van der Waals surface area (Å²) in [6.07, 6.45) is 7.23. The highest BCUT2D eigenvalue weighted by Gasteiger charge is 2.12. The van der Waals surface area contributed by atoms with E-state index in [0.29, 0.717) is 12.4 Å². The van der Waals surface area contributed by atoms with Crippen molar-refractivity contribution in [3.8, 4) is 22.5 Å². The van der Waals surface area contributed by atoms with Crippen LogP contribution < -0.4 is 0 Å². The Kier molecular flexibility index (Phi) is 6.22. The SMILES string of the molecule is CCCCCc1nc(CC)nn1Cc1ccc(-c2ccccc2-c2nn[nH]n2)cn1. The number of benzene rings is 1. The molecule has 0 spiro atoms. The Morgan fingerprint density at radius 3 is 2.57 bits per heavy atom. The van der Waals surface area contributed by atoms with Crippen LogP contribution in [-0.4, -0.2) is 40.4 Å². The van der Waals surface area contributed by atoms with Crippen molar-refractivity contribution in [1.29, 1.82) is 0 Å². The van der Waals surface area contributed by atoms with Gasteiger partial charge in [-0.3, -0.25) is 4.98 Å². The molecule has 0 radical (unpaired) electrons. The van der Waals surface area contributed by atoms with Gasteiger partial charge in [-0.15, -0.1) is 10.2 Å². The molecule has 0 fully saturated rings. The molecule has 8 nitrogen and oxygen atoms in total. The lowest BCUT2D eigenvalue weighted by Gasteiger charge is -2.09. The molecule has 0 aliphatic rings. The Balaban J connectivity index is 1.55. The van der Waals surface area contributed by atoms with E-state index in [2.05, 4.69) is 45.6 Å². The minimum Gasteiger partial charge on any atom is -0.259 e. The van der Waals surface area contributed by atoms with Crippen LogP contribution in [0.3, 0.4) is 0 Å². The first-order chi connectivity index (χ1) is 14.8. The molecule has 1 N–H and O–H groups in total. The number of aromatic nitrogens is 8. The Morgan fingerprint density at radius 2 is 1.87 bits per heavy atom. The standard InChI is InChI=1S/C22H26N8/c1-3-5-6-11-21-24-20(4-2)27-30(21)15-17-13-12-16(14-23-17)18-9-7-8-10-19(18)22-25-28-29-26-22/h7-10,12-14H,3-6,11,15H2,1-2H3,(H,25,26,28,29). The number of hydrogen-bond donors (Lipinski definition) is 1. The van der Waals surface area contributed by atoms with Crippen molar-refractivity contribution in [3.63, 3.8) is 0 Å². The third-order valence-corrected chi connectivity index (χ3v) is 5.07. The van der Waals surface area contributed by atoms with Gasteiger partial charge in [0.15, 0.2) is 5.82 Å². The van der Waals surface area contributed by atoms with E-state index in [0.717, 1.165) is 53.3 Å². The first-order valence-corrected chi connectivity index (χ1v) is 10.5. The minimum atomic E-state index is 0.570. The third-order valence-electron chi connectivity index (χ3n) is 5.07. The van der Waals surface area contributed by atoms with Crippen LogP contribution in [0, 0.1) is 0 Å². The zero-order valence-electron chi connectivity index (χ0n) is 17.4. The molecule has 0 saturated heterocycles. The van der Waals surface area contributed by atoms with E-state index in [1.807, 2.05) is 41.2 Å². The van der Waals surface area contributed by atoms with Gasteiger partial charge in [-0.1, -0.05) is 57.0 Å². The fourth-order valence-corrected chi connectivity index (χ4v) is 3.46. The van der Waals surface area contributed by atoms with E-state index in [1.165, 1.54) is 12.8 Å². The summed E-state index contributed by atoms with van der Waals surface area (Å²) in [6, 6.07) is 12.1. The summed E-state index contributed by atoms with van der Waals surface area (Å²) in [4.78, 5) is 9.40. The molecule has 1 aromatic carbocycles. The average molecular weight is 403 g/mol.